The number of ketones is 1. The first-order valence-corrected chi connectivity index (χ1v) is 11.2. The molecule has 3 aromatic heterocycles. The van der Waals surface area contributed by atoms with Crippen molar-refractivity contribution in [2.24, 2.45) is 0 Å². The van der Waals surface area contributed by atoms with Crippen molar-refractivity contribution in [3.8, 4) is 27.6 Å². The molecule has 152 valence electrons. The van der Waals surface area contributed by atoms with Gasteiger partial charge in [-0.3, -0.25) is 4.79 Å². The fourth-order valence-electron chi connectivity index (χ4n) is 2.82. The summed E-state index contributed by atoms with van der Waals surface area (Å²) in [5, 5.41) is 6.50. The smallest absolute Gasteiger partial charge is 0.188 e. The minimum atomic E-state index is 0.0132. The molecule has 0 saturated heterocycles. The van der Waals surface area contributed by atoms with Crippen LogP contribution in [0.4, 0.5) is 0 Å². The fourth-order valence-corrected chi connectivity index (χ4v) is 4.26. The maximum Gasteiger partial charge on any atom is 0.188 e. The normalized spacial score (nSPS) is 10.9. The molecule has 1 aromatic carbocycles. The average Bonchev–Trinajstić information content (AvgIpc) is 3.45. The van der Waals surface area contributed by atoms with Crippen LogP contribution in [-0.2, 0) is 0 Å². The summed E-state index contributed by atoms with van der Waals surface area (Å²) < 4.78 is 10.8. The van der Waals surface area contributed by atoms with Gasteiger partial charge in [0.05, 0.1) is 34.2 Å². The molecule has 3 heterocycles. The predicted octanol–water partition coefficient (Wildman–Crippen LogP) is 5.54. The van der Waals surface area contributed by atoms with Gasteiger partial charge in [0.25, 0.3) is 0 Å². The summed E-state index contributed by atoms with van der Waals surface area (Å²) in [5.41, 5.74) is 2.98. The van der Waals surface area contributed by atoms with Crippen LogP contribution in [0.1, 0.15) is 23.0 Å². The Bertz CT molecular complexity index is 1140. The highest BCUT2D eigenvalue weighted by Gasteiger charge is 2.17. The van der Waals surface area contributed by atoms with Crippen LogP contribution in [-0.4, -0.2) is 33.3 Å². The van der Waals surface area contributed by atoms with Crippen molar-refractivity contribution < 1.29 is 14.1 Å². The lowest BCUT2D eigenvalue weighted by atomic mass is 10.1. The predicted molar refractivity (Wildman–Crippen MR) is 118 cm³/mol. The molecule has 0 saturated carbocycles. The zero-order chi connectivity index (χ0) is 20.9. The number of thiophene rings is 1. The van der Waals surface area contributed by atoms with Crippen LogP contribution >= 0.6 is 23.1 Å². The molecular formula is C22H19N3O3S2. The third kappa shape index (κ3) is 4.60. The Morgan fingerprint density at radius 1 is 1.23 bits per heavy atom. The fraction of sp³-hybridized carbons (Fsp3) is 0.182. The molecule has 30 heavy (non-hydrogen) atoms. The number of hydrogen-bond acceptors (Lipinski definition) is 8. The Balaban J connectivity index is 1.53. The lowest BCUT2D eigenvalue weighted by Gasteiger charge is -2.07. The molecular weight excluding hydrogens is 418 g/mol. The highest BCUT2D eigenvalue weighted by Crippen LogP contribution is 2.34. The summed E-state index contributed by atoms with van der Waals surface area (Å²) in [7, 11) is 0. The van der Waals surface area contributed by atoms with E-state index in [0.717, 1.165) is 27.6 Å². The molecule has 8 heteroatoms. The summed E-state index contributed by atoms with van der Waals surface area (Å²) in [6.07, 6.45) is 1.73. The van der Waals surface area contributed by atoms with Crippen LogP contribution in [0.2, 0.25) is 0 Å². The number of hydrogen-bond donors (Lipinski definition) is 0. The highest BCUT2D eigenvalue weighted by molar-refractivity contribution is 7.99. The zero-order valence-electron chi connectivity index (χ0n) is 16.5. The zero-order valence-corrected chi connectivity index (χ0v) is 18.1. The molecule has 0 aliphatic heterocycles. The van der Waals surface area contributed by atoms with E-state index in [0.29, 0.717) is 23.1 Å². The molecule has 0 unspecified atom stereocenters. The van der Waals surface area contributed by atoms with E-state index < -0.39 is 0 Å². The monoisotopic (exact) mass is 437 g/mol. The van der Waals surface area contributed by atoms with Crippen LogP contribution in [0, 0.1) is 6.92 Å². The molecule has 0 amide bonds. The lowest BCUT2D eigenvalue weighted by molar-refractivity contribution is 0.102. The number of carbonyl (C=O) groups excluding carboxylic acids is 1. The first kappa shape index (κ1) is 20.3. The number of benzene rings is 1. The van der Waals surface area contributed by atoms with Crippen molar-refractivity contribution in [3.05, 3.63) is 65.3 Å². The molecule has 0 aliphatic rings. The summed E-state index contributed by atoms with van der Waals surface area (Å²) >= 11 is 2.90. The molecule has 0 N–H and O–H groups in total. The third-order valence-electron chi connectivity index (χ3n) is 4.23. The van der Waals surface area contributed by atoms with Crippen LogP contribution in [0.25, 0.3) is 21.9 Å². The Morgan fingerprint density at radius 2 is 2.07 bits per heavy atom. The van der Waals surface area contributed by atoms with E-state index in [1.54, 1.807) is 41.8 Å². The van der Waals surface area contributed by atoms with Gasteiger partial charge in [0, 0.05) is 17.8 Å². The molecule has 0 radical (unpaired) electrons. The SMILES string of the molecule is CCOc1ccc(C(=O)CSc2ncc(-c3cc(C)no3)c(-c3cccs3)n2)cc1. The van der Waals surface area contributed by atoms with Gasteiger partial charge >= 0.3 is 0 Å². The number of nitrogens with zero attached hydrogens (tertiary/aromatic N) is 3. The Labute approximate surface area is 182 Å². The molecule has 6 nitrogen and oxygen atoms in total. The van der Waals surface area contributed by atoms with Crippen molar-refractivity contribution >= 4 is 28.9 Å². The molecule has 4 aromatic rings. The van der Waals surface area contributed by atoms with Crippen molar-refractivity contribution in [1.82, 2.24) is 15.1 Å². The van der Waals surface area contributed by atoms with E-state index >= 15 is 0 Å². The summed E-state index contributed by atoms with van der Waals surface area (Å²) in [5.74, 6) is 1.64. The van der Waals surface area contributed by atoms with Crippen LogP contribution in [0.15, 0.2) is 63.7 Å². The van der Waals surface area contributed by atoms with E-state index in [4.69, 9.17) is 14.2 Å². The van der Waals surface area contributed by atoms with E-state index in [1.807, 2.05) is 37.4 Å². The molecule has 0 aliphatic carbocycles. The Kier molecular flexibility index (Phi) is 6.25. The van der Waals surface area contributed by atoms with Gasteiger partial charge < -0.3 is 9.26 Å². The van der Waals surface area contributed by atoms with Crippen LogP contribution in [0.5, 0.6) is 5.75 Å². The molecule has 0 atom stereocenters. The number of rotatable bonds is 8. The molecule has 4 rings (SSSR count). The topological polar surface area (TPSA) is 78.1 Å². The maximum absolute atomic E-state index is 12.6. The summed E-state index contributed by atoms with van der Waals surface area (Å²) in [6.45, 7) is 4.39. The van der Waals surface area contributed by atoms with Crippen molar-refractivity contribution in [1.29, 1.82) is 0 Å². The van der Waals surface area contributed by atoms with E-state index in [-0.39, 0.29) is 11.5 Å². The lowest BCUT2D eigenvalue weighted by Crippen LogP contribution is -2.04. The Hall–Kier alpha value is -2.97. The van der Waals surface area contributed by atoms with Crippen LogP contribution in [0.3, 0.4) is 0 Å². The highest BCUT2D eigenvalue weighted by atomic mass is 32.2. The first-order chi connectivity index (χ1) is 14.6. The number of Topliss-reactive ketones (excluding diaryl/α,β-unsaturated/α-hetero) is 1. The van der Waals surface area contributed by atoms with Gasteiger partial charge in [-0.1, -0.05) is 23.0 Å². The quantitative estimate of drug-likeness (QED) is 0.203. The summed E-state index contributed by atoms with van der Waals surface area (Å²) in [6, 6.07) is 13.0. The number of thioether (sulfide) groups is 1. The maximum atomic E-state index is 12.6. The number of carbonyl (C=O) groups is 1. The van der Waals surface area contributed by atoms with Gasteiger partial charge in [0.1, 0.15) is 5.75 Å². The van der Waals surface area contributed by atoms with Crippen molar-refractivity contribution in [2.75, 3.05) is 12.4 Å². The largest absolute Gasteiger partial charge is 0.494 e. The minimum Gasteiger partial charge on any atom is -0.494 e. The van der Waals surface area contributed by atoms with E-state index in [1.165, 1.54) is 11.8 Å². The van der Waals surface area contributed by atoms with Gasteiger partial charge in [-0.25, -0.2) is 9.97 Å². The number of ether oxygens (including phenoxy) is 1. The Morgan fingerprint density at radius 3 is 2.73 bits per heavy atom. The van der Waals surface area contributed by atoms with Gasteiger partial charge in [-0.2, -0.15) is 0 Å². The van der Waals surface area contributed by atoms with Gasteiger partial charge in [0.15, 0.2) is 16.7 Å². The number of aromatic nitrogens is 3. The second-order valence-corrected chi connectivity index (χ2v) is 8.28. The van der Waals surface area contributed by atoms with Crippen molar-refractivity contribution in [2.45, 2.75) is 19.0 Å². The first-order valence-electron chi connectivity index (χ1n) is 9.37. The van der Waals surface area contributed by atoms with Crippen LogP contribution < -0.4 is 4.74 Å². The second-order valence-electron chi connectivity index (χ2n) is 6.39. The molecule has 0 spiro atoms. The van der Waals surface area contributed by atoms with E-state index in [9.17, 15) is 4.79 Å². The van der Waals surface area contributed by atoms with Gasteiger partial charge in [-0.15, -0.1) is 11.3 Å². The van der Waals surface area contributed by atoms with Gasteiger partial charge in [-0.05, 0) is 49.6 Å². The van der Waals surface area contributed by atoms with Crippen molar-refractivity contribution in [3.63, 3.8) is 0 Å². The van der Waals surface area contributed by atoms with Gasteiger partial charge in [0.2, 0.25) is 0 Å². The standard InChI is InChI=1S/C22H19N3O3S2/c1-3-27-16-8-6-15(7-9-16)18(26)13-30-22-23-12-17(19-11-14(2)25-28-19)21(24-22)20-5-4-10-29-20/h4-12H,3,13H2,1-2H3. The second kappa shape index (κ2) is 9.23. The van der Waals surface area contributed by atoms with E-state index in [2.05, 4.69) is 10.1 Å². The minimum absolute atomic E-state index is 0.0132. The number of aryl methyl sites for hydroxylation is 1. The summed E-state index contributed by atoms with van der Waals surface area (Å²) in [4.78, 5) is 22.7. The average molecular weight is 438 g/mol. The molecule has 0 fully saturated rings. The third-order valence-corrected chi connectivity index (χ3v) is 5.97. The molecule has 0 bridgehead atoms.